The number of carbonyl (C=O) groups excluding carboxylic acids is 2. The van der Waals surface area contributed by atoms with Gasteiger partial charge in [0, 0.05) is 56.4 Å². The molecule has 3 heterocycles. The van der Waals surface area contributed by atoms with Gasteiger partial charge >= 0.3 is 5.51 Å². The monoisotopic (exact) mass is 590 g/mol. The Labute approximate surface area is 239 Å². The first-order valence-corrected chi connectivity index (χ1v) is 13.6. The van der Waals surface area contributed by atoms with Crippen LogP contribution < -0.4 is 21.3 Å². The Morgan fingerprint density at radius 3 is 2.54 bits per heavy atom. The maximum Gasteiger partial charge on any atom is 0.447 e. The fourth-order valence-electron chi connectivity index (χ4n) is 4.60. The second-order valence-corrected chi connectivity index (χ2v) is 10.5. The Morgan fingerprint density at radius 2 is 1.85 bits per heavy atom. The molecule has 0 aliphatic carbocycles. The Hall–Kier alpha value is -3.89. The third-order valence-corrected chi connectivity index (χ3v) is 7.47. The number of rotatable bonds is 7. The smallest absolute Gasteiger partial charge is 0.378 e. The van der Waals surface area contributed by atoms with Gasteiger partial charge in [-0.15, -0.1) is 0 Å². The summed E-state index contributed by atoms with van der Waals surface area (Å²) < 4.78 is 56.6. The van der Waals surface area contributed by atoms with Gasteiger partial charge in [0.15, 0.2) is 0 Å². The minimum absolute atomic E-state index is 0.00978. The molecule has 4 rings (SSSR count). The molecule has 1 fully saturated rings. The normalized spacial score (nSPS) is 17.4. The zero-order chi connectivity index (χ0) is 29.7. The van der Waals surface area contributed by atoms with Crippen molar-refractivity contribution in [2.24, 2.45) is 0 Å². The van der Waals surface area contributed by atoms with Crippen LogP contribution in [0.25, 0.3) is 5.52 Å². The summed E-state index contributed by atoms with van der Waals surface area (Å²) in [6, 6.07) is 8.96. The third kappa shape index (κ3) is 7.25. The number of likely N-dealkylation sites (tertiary alicyclic amines) is 1. The molecule has 41 heavy (non-hydrogen) atoms. The molecule has 0 unspecified atom stereocenters. The van der Waals surface area contributed by atoms with E-state index in [9.17, 15) is 27.2 Å². The van der Waals surface area contributed by atoms with Crippen molar-refractivity contribution in [1.29, 1.82) is 0 Å². The largest absolute Gasteiger partial charge is 0.447 e. The van der Waals surface area contributed by atoms with Gasteiger partial charge in [-0.25, -0.2) is 4.39 Å². The summed E-state index contributed by atoms with van der Waals surface area (Å²) in [6.07, 6.45) is 0.955. The molecule has 1 saturated heterocycles. The number of carbonyl (C=O) groups is 2. The van der Waals surface area contributed by atoms with Crippen molar-refractivity contribution in [1.82, 2.24) is 19.9 Å². The van der Waals surface area contributed by atoms with E-state index in [1.807, 2.05) is 11.9 Å². The van der Waals surface area contributed by atoms with Crippen LogP contribution in [0.1, 0.15) is 32.7 Å². The standard InChI is InChI=1S/C28H30F4N6O2S/c1-33-25(39)17-8-9-21(19(14-17)26(40)34-2)35-11-4-6-18-15-24-23(36-22-10-13-37(3)16-20(22)29)7-5-12-38(24)27(18)41-28(30,31)32/h5,7-9,12,14-15,20,22,35-36H,10-11,13,16H2,1-3H3,(H,33,39)(H,34,40)/t20-,22+/m0/s1. The summed E-state index contributed by atoms with van der Waals surface area (Å²) in [5.74, 6) is 4.87. The van der Waals surface area contributed by atoms with Crippen LogP contribution in [-0.4, -0.2) is 79.6 Å². The van der Waals surface area contributed by atoms with Gasteiger partial charge in [0.2, 0.25) is 0 Å². The number of pyridine rings is 1. The van der Waals surface area contributed by atoms with Gasteiger partial charge in [-0.05, 0) is 49.9 Å². The van der Waals surface area contributed by atoms with Gasteiger partial charge in [0.25, 0.3) is 11.8 Å². The molecular weight excluding hydrogens is 560 g/mol. The number of piperidine rings is 1. The molecule has 3 aromatic rings. The average molecular weight is 591 g/mol. The van der Waals surface area contributed by atoms with Gasteiger partial charge in [-0.2, -0.15) is 13.2 Å². The van der Waals surface area contributed by atoms with E-state index < -0.39 is 23.6 Å². The second kappa shape index (κ2) is 12.7. The first kappa shape index (κ1) is 30.1. The molecule has 1 aliphatic heterocycles. The van der Waals surface area contributed by atoms with Crippen molar-refractivity contribution in [2.45, 2.75) is 29.2 Å². The van der Waals surface area contributed by atoms with Crippen LogP contribution in [0, 0.1) is 11.8 Å². The fourth-order valence-corrected chi connectivity index (χ4v) is 5.30. The van der Waals surface area contributed by atoms with E-state index in [1.54, 1.807) is 30.3 Å². The molecule has 0 spiro atoms. The topological polar surface area (TPSA) is 89.9 Å². The number of hydrogen-bond donors (Lipinski definition) is 4. The Kier molecular flexibility index (Phi) is 9.35. The Morgan fingerprint density at radius 1 is 1.10 bits per heavy atom. The number of thioether (sulfide) groups is 1. The van der Waals surface area contributed by atoms with Gasteiger partial charge in [-0.3, -0.25) is 9.59 Å². The lowest BCUT2D eigenvalue weighted by molar-refractivity contribution is -0.0330. The van der Waals surface area contributed by atoms with Crippen LogP contribution >= 0.6 is 11.8 Å². The van der Waals surface area contributed by atoms with Crippen LogP contribution in [0.15, 0.2) is 47.6 Å². The molecule has 13 heteroatoms. The molecule has 218 valence electrons. The molecule has 1 aromatic carbocycles. The number of nitrogens with zero attached hydrogens (tertiary/aromatic N) is 2. The van der Waals surface area contributed by atoms with Crippen molar-refractivity contribution >= 4 is 40.5 Å². The van der Waals surface area contributed by atoms with Gasteiger partial charge in [0.05, 0.1) is 34.9 Å². The number of benzene rings is 1. The number of amides is 2. The second-order valence-electron chi connectivity index (χ2n) is 9.48. The molecule has 8 nitrogen and oxygen atoms in total. The van der Waals surface area contributed by atoms with E-state index in [4.69, 9.17) is 0 Å². The Balaban J connectivity index is 1.62. The van der Waals surface area contributed by atoms with Crippen molar-refractivity contribution < 1.29 is 27.2 Å². The summed E-state index contributed by atoms with van der Waals surface area (Å²) in [7, 11) is 4.78. The van der Waals surface area contributed by atoms with E-state index in [0.717, 1.165) is 0 Å². The van der Waals surface area contributed by atoms with Crippen molar-refractivity contribution in [3.05, 3.63) is 59.3 Å². The molecule has 2 atom stereocenters. The number of halogens is 4. The first-order valence-electron chi connectivity index (χ1n) is 12.8. The molecule has 0 saturated carbocycles. The van der Waals surface area contributed by atoms with Crippen LogP contribution in [0.3, 0.4) is 0 Å². The lowest BCUT2D eigenvalue weighted by Crippen LogP contribution is -2.46. The minimum atomic E-state index is -4.56. The zero-order valence-electron chi connectivity index (χ0n) is 22.7. The lowest BCUT2D eigenvalue weighted by atomic mass is 10.0. The maximum absolute atomic E-state index is 14.7. The predicted molar refractivity (Wildman–Crippen MR) is 152 cm³/mol. The average Bonchev–Trinajstić information content (AvgIpc) is 3.28. The van der Waals surface area contributed by atoms with Crippen molar-refractivity contribution in [3.63, 3.8) is 0 Å². The summed E-state index contributed by atoms with van der Waals surface area (Å²) >= 11 is -0.270. The summed E-state index contributed by atoms with van der Waals surface area (Å²) in [5, 5.41) is 11.1. The number of alkyl halides is 4. The van der Waals surface area contributed by atoms with Gasteiger partial charge in [-0.1, -0.05) is 11.8 Å². The van der Waals surface area contributed by atoms with E-state index >= 15 is 0 Å². The molecule has 1 aliphatic rings. The summed E-state index contributed by atoms with van der Waals surface area (Å²) in [5.41, 5.74) is -2.51. The molecule has 4 N–H and O–H groups in total. The van der Waals surface area contributed by atoms with Crippen LogP contribution in [0.4, 0.5) is 28.9 Å². The summed E-state index contributed by atoms with van der Waals surface area (Å²) in [6.45, 7) is 0.990. The molecule has 0 bridgehead atoms. The highest BCUT2D eigenvalue weighted by atomic mass is 32.2. The highest BCUT2D eigenvalue weighted by Gasteiger charge is 2.33. The number of hydrogen-bond acceptors (Lipinski definition) is 6. The molecule has 2 amide bonds. The number of nitrogens with one attached hydrogen (secondary N) is 4. The zero-order valence-corrected chi connectivity index (χ0v) is 23.5. The van der Waals surface area contributed by atoms with Crippen LogP contribution in [0.2, 0.25) is 0 Å². The number of anilines is 2. The summed E-state index contributed by atoms with van der Waals surface area (Å²) in [4.78, 5) is 26.3. The fraction of sp³-hybridized carbons (Fsp3) is 0.357. The van der Waals surface area contributed by atoms with Crippen molar-refractivity contribution in [3.8, 4) is 11.8 Å². The third-order valence-electron chi connectivity index (χ3n) is 6.63. The molecular formula is C28H30F4N6O2S. The van der Waals surface area contributed by atoms with Crippen molar-refractivity contribution in [2.75, 3.05) is 51.4 Å². The van der Waals surface area contributed by atoms with E-state index in [2.05, 4.69) is 33.1 Å². The number of aromatic nitrogens is 1. The first-order chi connectivity index (χ1) is 19.5. The van der Waals surface area contributed by atoms with E-state index in [1.165, 1.54) is 30.8 Å². The quantitative estimate of drug-likeness (QED) is 0.188. The Bertz CT molecular complexity index is 1500. The van der Waals surface area contributed by atoms with Crippen LogP contribution in [-0.2, 0) is 0 Å². The highest BCUT2D eigenvalue weighted by Crippen LogP contribution is 2.40. The van der Waals surface area contributed by atoms with Crippen LogP contribution in [0.5, 0.6) is 0 Å². The van der Waals surface area contributed by atoms with Gasteiger partial charge in [0.1, 0.15) is 11.2 Å². The van der Waals surface area contributed by atoms with E-state index in [0.29, 0.717) is 35.4 Å². The minimum Gasteiger partial charge on any atom is -0.378 e. The lowest BCUT2D eigenvalue weighted by Gasteiger charge is -2.33. The number of fused-ring (bicyclic) bond motifs is 1. The molecule has 2 aromatic heterocycles. The predicted octanol–water partition coefficient (Wildman–Crippen LogP) is 4.19. The molecule has 0 radical (unpaired) electrons. The van der Waals surface area contributed by atoms with E-state index in [-0.39, 0.29) is 46.9 Å². The highest BCUT2D eigenvalue weighted by molar-refractivity contribution is 8.00. The maximum atomic E-state index is 14.7. The SMILES string of the molecule is CNC(=O)c1ccc(NCC#Cc2cc3c(N[C@@H]4CCN(C)C[C@@H]4F)cccn3c2SC(F)(F)F)c(C(=O)NC)c1. The van der Waals surface area contributed by atoms with Gasteiger partial charge < -0.3 is 30.6 Å².